The number of carbonyl (C=O) groups excluding carboxylic acids is 1. The smallest absolute Gasteiger partial charge is 0.306 e. The molecule has 64 valence electrons. The van der Waals surface area contributed by atoms with Crippen molar-refractivity contribution in [2.45, 2.75) is 19.4 Å². The van der Waals surface area contributed by atoms with Gasteiger partial charge in [0.1, 0.15) is 5.76 Å². The van der Waals surface area contributed by atoms with E-state index < -0.39 is 0 Å². The Morgan fingerprint density at radius 3 is 2.92 bits per heavy atom. The van der Waals surface area contributed by atoms with Gasteiger partial charge in [-0.3, -0.25) is 4.79 Å². The standard InChI is InChI=1S/C9H10O3/c1-6-5-8(10)12-9(6)7-3-2-4-11-7/h2-4,6,9H,5H2,1H3/t6-,9-/m1/s1. The van der Waals surface area contributed by atoms with Crippen molar-refractivity contribution < 1.29 is 13.9 Å². The zero-order valence-electron chi connectivity index (χ0n) is 6.82. The van der Waals surface area contributed by atoms with Crippen molar-refractivity contribution in [3.63, 3.8) is 0 Å². The highest BCUT2D eigenvalue weighted by Gasteiger charge is 2.34. The van der Waals surface area contributed by atoms with Crippen LogP contribution in [0.5, 0.6) is 0 Å². The third-order valence-corrected chi connectivity index (χ3v) is 2.09. The van der Waals surface area contributed by atoms with Gasteiger partial charge in [0.15, 0.2) is 6.10 Å². The Morgan fingerprint density at radius 1 is 1.58 bits per heavy atom. The molecule has 0 aliphatic carbocycles. The quantitative estimate of drug-likeness (QED) is 0.598. The molecule has 1 aliphatic rings. The maximum Gasteiger partial charge on any atom is 0.306 e. The molecule has 0 spiro atoms. The van der Waals surface area contributed by atoms with E-state index in [2.05, 4.69) is 0 Å². The van der Waals surface area contributed by atoms with Crippen LogP contribution in [0.4, 0.5) is 0 Å². The number of carbonyl (C=O) groups is 1. The lowest BCUT2D eigenvalue weighted by molar-refractivity contribution is -0.142. The normalized spacial score (nSPS) is 28.9. The Kier molecular flexibility index (Phi) is 1.64. The SMILES string of the molecule is C[C@@H]1CC(=O)O[C@H]1c1ccco1. The van der Waals surface area contributed by atoms with Crippen molar-refractivity contribution >= 4 is 5.97 Å². The van der Waals surface area contributed by atoms with Gasteiger partial charge in [-0.05, 0) is 12.1 Å². The van der Waals surface area contributed by atoms with Gasteiger partial charge in [-0.2, -0.15) is 0 Å². The van der Waals surface area contributed by atoms with Crippen molar-refractivity contribution in [1.29, 1.82) is 0 Å². The van der Waals surface area contributed by atoms with Crippen LogP contribution < -0.4 is 0 Å². The summed E-state index contributed by atoms with van der Waals surface area (Å²) >= 11 is 0. The Balaban J connectivity index is 2.20. The van der Waals surface area contributed by atoms with E-state index in [0.29, 0.717) is 6.42 Å². The van der Waals surface area contributed by atoms with Gasteiger partial charge in [0.2, 0.25) is 0 Å². The number of esters is 1. The summed E-state index contributed by atoms with van der Waals surface area (Å²) in [5.41, 5.74) is 0. The van der Waals surface area contributed by atoms with Gasteiger partial charge in [-0.1, -0.05) is 6.92 Å². The van der Waals surface area contributed by atoms with E-state index in [1.54, 1.807) is 12.3 Å². The van der Waals surface area contributed by atoms with Crippen molar-refractivity contribution in [3.8, 4) is 0 Å². The number of rotatable bonds is 1. The van der Waals surface area contributed by atoms with E-state index in [9.17, 15) is 4.79 Å². The van der Waals surface area contributed by atoms with Crippen molar-refractivity contribution in [2.75, 3.05) is 0 Å². The van der Waals surface area contributed by atoms with E-state index >= 15 is 0 Å². The average molecular weight is 166 g/mol. The van der Waals surface area contributed by atoms with Gasteiger partial charge in [0, 0.05) is 5.92 Å². The summed E-state index contributed by atoms with van der Waals surface area (Å²) in [4.78, 5) is 10.9. The number of hydrogen-bond acceptors (Lipinski definition) is 3. The first kappa shape index (κ1) is 7.40. The van der Waals surface area contributed by atoms with E-state index in [0.717, 1.165) is 5.76 Å². The molecule has 0 radical (unpaired) electrons. The van der Waals surface area contributed by atoms with Crippen LogP contribution in [0.25, 0.3) is 0 Å². The maximum absolute atomic E-state index is 10.9. The predicted octanol–water partition coefficient (Wildman–Crippen LogP) is 1.90. The summed E-state index contributed by atoms with van der Waals surface area (Å²) in [5.74, 6) is 0.834. The second kappa shape index (κ2) is 2.66. The van der Waals surface area contributed by atoms with Crippen molar-refractivity contribution in [3.05, 3.63) is 24.2 Å². The summed E-state index contributed by atoms with van der Waals surface area (Å²) < 4.78 is 10.2. The van der Waals surface area contributed by atoms with Crippen LogP contribution in [0, 0.1) is 5.92 Å². The highest BCUT2D eigenvalue weighted by atomic mass is 16.6. The third kappa shape index (κ3) is 1.11. The molecule has 0 unspecified atom stereocenters. The molecule has 0 bridgehead atoms. The molecule has 2 atom stereocenters. The molecule has 0 N–H and O–H groups in total. The van der Waals surface area contributed by atoms with Gasteiger partial charge in [0.25, 0.3) is 0 Å². The van der Waals surface area contributed by atoms with Crippen molar-refractivity contribution in [2.24, 2.45) is 5.92 Å². The topological polar surface area (TPSA) is 39.4 Å². The van der Waals surface area contributed by atoms with Crippen LogP contribution in [0.3, 0.4) is 0 Å². The summed E-state index contributed by atoms with van der Waals surface area (Å²) in [6.07, 6.45) is 1.91. The zero-order valence-corrected chi connectivity index (χ0v) is 6.82. The van der Waals surface area contributed by atoms with Crippen LogP contribution in [0.2, 0.25) is 0 Å². The molecule has 12 heavy (non-hydrogen) atoms. The lowest BCUT2D eigenvalue weighted by Gasteiger charge is -2.09. The molecule has 0 amide bonds. The molecular weight excluding hydrogens is 156 g/mol. The molecule has 1 aliphatic heterocycles. The van der Waals surface area contributed by atoms with Gasteiger partial charge in [-0.25, -0.2) is 0 Å². The Bertz CT molecular complexity index is 276. The van der Waals surface area contributed by atoms with E-state index in [4.69, 9.17) is 9.15 Å². The van der Waals surface area contributed by atoms with E-state index in [1.807, 2.05) is 13.0 Å². The molecule has 0 aromatic carbocycles. The summed E-state index contributed by atoms with van der Waals surface area (Å²) in [5, 5.41) is 0. The fourth-order valence-corrected chi connectivity index (χ4v) is 1.47. The van der Waals surface area contributed by atoms with Gasteiger partial charge in [-0.15, -0.1) is 0 Å². The molecule has 3 heteroatoms. The number of hydrogen-bond donors (Lipinski definition) is 0. The third-order valence-electron chi connectivity index (χ3n) is 2.09. The van der Waals surface area contributed by atoms with Gasteiger partial charge < -0.3 is 9.15 Å². The van der Waals surface area contributed by atoms with Crippen LogP contribution in [-0.4, -0.2) is 5.97 Å². The average Bonchev–Trinajstić information content (AvgIpc) is 2.58. The number of ether oxygens (including phenoxy) is 1. The predicted molar refractivity (Wildman–Crippen MR) is 41.3 cm³/mol. The van der Waals surface area contributed by atoms with Crippen molar-refractivity contribution in [1.82, 2.24) is 0 Å². The Morgan fingerprint density at radius 2 is 2.42 bits per heavy atom. The minimum absolute atomic E-state index is 0.135. The van der Waals surface area contributed by atoms with Crippen LogP contribution >= 0.6 is 0 Å². The number of furan rings is 1. The first-order valence-electron chi connectivity index (χ1n) is 4.00. The van der Waals surface area contributed by atoms with E-state index in [-0.39, 0.29) is 18.0 Å². The lowest BCUT2D eigenvalue weighted by atomic mass is 10.0. The molecule has 1 saturated heterocycles. The molecule has 1 aromatic heterocycles. The fraction of sp³-hybridized carbons (Fsp3) is 0.444. The van der Waals surface area contributed by atoms with Gasteiger partial charge >= 0.3 is 5.97 Å². The summed E-state index contributed by atoms with van der Waals surface area (Å²) in [6, 6.07) is 3.63. The highest BCUT2D eigenvalue weighted by Crippen LogP contribution is 2.34. The second-order valence-corrected chi connectivity index (χ2v) is 3.11. The monoisotopic (exact) mass is 166 g/mol. The Hall–Kier alpha value is -1.25. The molecule has 1 aromatic rings. The zero-order chi connectivity index (χ0) is 8.55. The minimum atomic E-state index is -0.174. The summed E-state index contributed by atoms with van der Waals surface area (Å²) in [6.45, 7) is 1.98. The van der Waals surface area contributed by atoms with Crippen LogP contribution in [-0.2, 0) is 9.53 Å². The summed E-state index contributed by atoms with van der Waals surface area (Å²) in [7, 11) is 0. The molecule has 0 saturated carbocycles. The minimum Gasteiger partial charge on any atom is -0.465 e. The molecule has 2 rings (SSSR count). The largest absolute Gasteiger partial charge is 0.465 e. The molecule has 1 fully saturated rings. The molecule has 2 heterocycles. The maximum atomic E-state index is 10.9. The second-order valence-electron chi connectivity index (χ2n) is 3.11. The highest BCUT2D eigenvalue weighted by molar-refractivity contribution is 5.72. The molecular formula is C9H10O3. The van der Waals surface area contributed by atoms with Crippen LogP contribution in [0.1, 0.15) is 25.2 Å². The van der Waals surface area contributed by atoms with E-state index in [1.165, 1.54) is 0 Å². The first-order valence-corrected chi connectivity index (χ1v) is 4.00. The fourth-order valence-electron chi connectivity index (χ4n) is 1.47. The molecule has 3 nitrogen and oxygen atoms in total. The van der Waals surface area contributed by atoms with Gasteiger partial charge in [0.05, 0.1) is 12.7 Å². The Labute approximate surface area is 70.3 Å². The first-order chi connectivity index (χ1) is 5.77. The lowest BCUT2D eigenvalue weighted by Crippen LogP contribution is -2.02. The number of cyclic esters (lactones) is 1. The van der Waals surface area contributed by atoms with Crippen LogP contribution in [0.15, 0.2) is 22.8 Å².